The number of benzene rings is 2. The van der Waals surface area contributed by atoms with Crippen molar-refractivity contribution >= 4 is 22.5 Å². The van der Waals surface area contributed by atoms with Gasteiger partial charge in [-0.2, -0.15) is 0 Å². The van der Waals surface area contributed by atoms with E-state index in [9.17, 15) is 0 Å². The lowest BCUT2D eigenvalue weighted by molar-refractivity contribution is 0.604. The summed E-state index contributed by atoms with van der Waals surface area (Å²) in [7, 11) is 0. The highest BCUT2D eigenvalue weighted by atomic mass is 35.5. The lowest BCUT2D eigenvalue weighted by Gasteiger charge is -2.26. The molecule has 0 aliphatic carbocycles. The molecule has 0 radical (unpaired) electrons. The van der Waals surface area contributed by atoms with Crippen LogP contribution in [0.5, 0.6) is 0 Å². The number of nitrogens with zero attached hydrogens (tertiary/aromatic N) is 1. The van der Waals surface area contributed by atoms with Crippen molar-refractivity contribution in [3.05, 3.63) is 76.9 Å². The summed E-state index contributed by atoms with van der Waals surface area (Å²) in [6.07, 6.45) is 1.79. The van der Waals surface area contributed by atoms with Crippen LogP contribution in [0.25, 0.3) is 10.9 Å². The van der Waals surface area contributed by atoms with Crippen molar-refractivity contribution in [3.63, 3.8) is 0 Å². The molecule has 1 aromatic heterocycles. The molecule has 0 spiro atoms. The minimum atomic E-state index is -0.573. The molecule has 1 heterocycles. The molecule has 3 heteroatoms. The van der Waals surface area contributed by atoms with Crippen molar-refractivity contribution in [1.29, 1.82) is 0 Å². The maximum atomic E-state index is 6.53. The minimum absolute atomic E-state index is 0.573. The van der Waals surface area contributed by atoms with Crippen LogP contribution in [0.2, 0.25) is 5.02 Å². The molecular formula is C17H15ClN2. The van der Waals surface area contributed by atoms with E-state index in [2.05, 4.69) is 17.1 Å². The predicted octanol–water partition coefficient (Wildman–Crippen LogP) is 4.11. The maximum absolute atomic E-state index is 6.53. The fourth-order valence-electron chi connectivity index (χ4n) is 2.35. The monoisotopic (exact) mass is 282 g/mol. The average Bonchev–Trinajstić information content (AvgIpc) is 2.47. The van der Waals surface area contributed by atoms with Crippen LogP contribution in [0.15, 0.2) is 60.8 Å². The van der Waals surface area contributed by atoms with Crippen molar-refractivity contribution in [1.82, 2.24) is 4.98 Å². The summed E-state index contributed by atoms with van der Waals surface area (Å²) in [6.45, 7) is 2.00. The molecule has 2 nitrogen and oxygen atoms in total. The summed E-state index contributed by atoms with van der Waals surface area (Å²) in [5.41, 5.74) is 8.97. The quantitative estimate of drug-likeness (QED) is 0.768. The van der Waals surface area contributed by atoms with E-state index in [-0.39, 0.29) is 0 Å². The Morgan fingerprint density at radius 1 is 1.00 bits per heavy atom. The SMILES string of the molecule is CC(N)(c1ccc(Cl)cc1)c1ccc2cccnc2c1. The fraction of sp³-hybridized carbons (Fsp3) is 0.118. The van der Waals surface area contributed by atoms with Gasteiger partial charge in [0.25, 0.3) is 0 Å². The highest BCUT2D eigenvalue weighted by molar-refractivity contribution is 6.30. The smallest absolute Gasteiger partial charge is 0.0705 e. The number of aromatic nitrogens is 1. The molecule has 0 fully saturated rings. The Hall–Kier alpha value is -1.90. The molecule has 0 bridgehead atoms. The molecule has 0 saturated heterocycles. The van der Waals surface area contributed by atoms with Crippen LogP contribution < -0.4 is 5.73 Å². The first-order valence-corrected chi connectivity index (χ1v) is 6.85. The zero-order chi connectivity index (χ0) is 14.2. The fourth-order valence-corrected chi connectivity index (χ4v) is 2.48. The second kappa shape index (κ2) is 4.89. The number of fused-ring (bicyclic) bond motifs is 1. The van der Waals surface area contributed by atoms with Crippen LogP contribution in [-0.4, -0.2) is 4.98 Å². The summed E-state index contributed by atoms with van der Waals surface area (Å²) in [4.78, 5) is 4.39. The topological polar surface area (TPSA) is 38.9 Å². The van der Waals surface area contributed by atoms with E-state index in [1.165, 1.54) is 0 Å². The lowest BCUT2D eigenvalue weighted by atomic mass is 9.85. The van der Waals surface area contributed by atoms with Gasteiger partial charge in [0, 0.05) is 16.6 Å². The van der Waals surface area contributed by atoms with Crippen molar-refractivity contribution in [2.75, 3.05) is 0 Å². The van der Waals surface area contributed by atoms with Crippen molar-refractivity contribution in [2.24, 2.45) is 5.73 Å². The first kappa shape index (κ1) is 13.1. The minimum Gasteiger partial charge on any atom is -0.318 e. The van der Waals surface area contributed by atoms with Gasteiger partial charge in [-0.15, -0.1) is 0 Å². The van der Waals surface area contributed by atoms with Gasteiger partial charge in [0.1, 0.15) is 0 Å². The van der Waals surface area contributed by atoms with E-state index in [0.29, 0.717) is 5.02 Å². The summed E-state index contributed by atoms with van der Waals surface area (Å²) in [6, 6.07) is 17.8. The Bertz CT molecular complexity index is 748. The number of halogens is 1. The predicted molar refractivity (Wildman–Crippen MR) is 83.8 cm³/mol. The van der Waals surface area contributed by atoms with Gasteiger partial charge in [-0.05, 0) is 42.3 Å². The van der Waals surface area contributed by atoms with E-state index >= 15 is 0 Å². The van der Waals surface area contributed by atoms with Crippen molar-refractivity contribution in [3.8, 4) is 0 Å². The molecule has 100 valence electrons. The van der Waals surface area contributed by atoms with Gasteiger partial charge < -0.3 is 5.73 Å². The molecule has 1 atom stereocenters. The van der Waals surface area contributed by atoms with Gasteiger partial charge in [0.15, 0.2) is 0 Å². The van der Waals surface area contributed by atoms with E-state index in [1.807, 2.05) is 49.4 Å². The molecule has 2 N–H and O–H groups in total. The van der Waals surface area contributed by atoms with E-state index in [0.717, 1.165) is 22.0 Å². The standard InChI is InChI=1S/C17H15ClN2/c1-17(19,13-6-8-15(18)9-7-13)14-5-4-12-3-2-10-20-16(12)11-14/h2-11H,19H2,1H3. The molecule has 0 saturated carbocycles. The average molecular weight is 283 g/mol. The number of nitrogens with two attached hydrogens (primary N) is 1. The Labute approximate surface area is 123 Å². The van der Waals surface area contributed by atoms with Gasteiger partial charge in [0.05, 0.1) is 11.1 Å². The first-order valence-electron chi connectivity index (χ1n) is 6.47. The molecule has 0 amide bonds. The molecule has 0 aliphatic heterocycles. The molecule has 0 aliphatic rings. The van der Waals surface area contributed by atoms with E-state index in [1.54, 1.807) is 6.20 Å². The highest BCUT2D eigenvalue weighted by Gasteiger charge is 2.23. The van der Waals surface area contributed by atoms with Gasteiger partial charge in [-0.25, -0.2) is 0 Å². The highest BCUT2D eigenvalue weighted by Crippen LogP contribution is 2.29. The maximum Gasteiger partial charge on any atom is 0.0705 e. The molecular weight excluding hydrogens is 268 g/mol. The van der Waals surface area contributed by atoms with Crippen LogP contribution in [0.4, 0.5) is 0 Å². The largest absolute Gasteiger partial charge is 0.318 e. The van der Waals surface area contributed by atoms with Crippen LogP contribution in [0.1, 0.15) is 18.1 Å². The second-order valence-corrected chi connectivity index (χ2v) is 5.56. The van der Waals surface area contributed by atoms with Crippen LogP contribution in [0, 0.1) is 0 Å². The Morgan fingerprint density at radius 2 is 1.70 bits per heavy atom. The van der Waals surface area contributed by atoms with E-state index < -0.39 is 5.54 Å². The third-order valence-electron chi connectivity index (χ3n) is 3.65. The van der Waals surface area contributed by atoms with E-state index in [4.69, 9.17) is 17.3 Å². The number of pyridine rings is 1. The van der Waals surface area contributed by atoms with Gasteiger partial charge in [-0.3, -0.25) is 4.98 Å². The molecule has 2 aromatic carbocycles. The molecule has 3 aromatic rings. The van der Waals surface area contributed by atoms with Crippen LogP contribution in [-0.2, 0) is 5.54 Å². The van der Waals surface area contributed by atoms with Gasteiger partial charge in [0.2, 0.25) is 0 Å². The van der Waals surface area contributed by atoms with Crippen LogP contribution >= 0.6 is 11.6 Å². The Balaban J connectivity index is 2.10. The summed E-state index contributed by atoms with van der Waals surface area (Å²) < 4.78 is 0. The lowest BCUT2D eigenvalue weighted by Crippen LogP contribution is -2.34. The Kier molecular flexibility index (Phi) is 3.20. The molecule has 3 rings (SSSR count). The third kappa shape index (κ3) is 2.28. The van der Waals surface area contributed by atoms with Gasteiger partial charge in [-0.1, -0.05) is 41.9 Å². The van der Waals surface area contributed by atoms with Gasteiger partial charge >= 0.3 is 0 Å². The second-order valence-electron chi connectivity index (χ2n) is 5.12. The van der Waals surface area contributed by atoms with Crippen LogP contribution in [0.3, 0.4) is 0 Å². The number of rotatable bonds is 2. The van der Waals surface area contributed by atoms with Crippen molar-refractivity contribution < 1.29 is 0 Å². The summed E-state index contributed by atoms with van der Waals surface area (Å²) in [5.74, 6) is 0. The normalized spacial score (nSPS) is 14.2. The molecule has 1 unspecified atom stereocenters. The first-order chi connectivity index (χ1) is 9.57. The molecule has 20 heavy (non-hydrogen) atoms. The number of hydrogen-bond donors (Lipinski definition) is 1. The zero-order valence-corrected chi connectivity index (χ0v) is 11.9. The summed E-state index contributed by atoms with van der Waals surface area (Å²) >= 11 is 5.94. The summed E-state index contributed by atoms with van der Waals surface area (Å²) in [5, 5.41) is 1.83. The van der Waals surface area contributed by atoms with Crippen molar-refractivity contribution in [2.45, 2.75) is 12.5 Å². The number of hydrogen-bond acceptors (Lipinski definition) is 2. The third-order valence-corrected chi connectivity index (χ3v) is 3.90. The Morgan fingerprint density at radius 3 is 2.45 bits per heavy atom. The zero-order valence-electron chi connectivity index (χ0n) is 11.2.